The van der Waals surface area contributed by atoms with E-state index < -0.39 is 33.3 Å². The lowest BCUT2D eigenvalue weighted by molar-refractivity contribution is -0.163. The maximum atomic E-state index is 14.2. The van der Waals surface area contributed by atoms with Gasteiger partial charge in [-0.15, -0.1) is 0 Å². The summed E-state index contributed by atoms with van der Waals surface area (Å²) >= 11 is 12.0. The molecule has 1 aromatic carbocycles. The number of carbonyl (C=O) groups is 2. The second kappa shape index (κ2) is 12.9. The minimum Gasteiger partial charge on any atom is -0.481 e. The van der Waals surface area contributed by atoms with E-state index in [4.69, 9.17) is 23.2 Å². The van der Waals surface area contributed by atoms with E-state index in [1.165, 1.54) is 0 Å². The number of hydrogen-bond acceptors (Lipinski definition) is 4. The topological polar surface area (TPSA) is 91.8 Å². The normalized spacial score (nSPS) is 23.9. The number of rotatable bonds is 12. The van der Waals surface area contributed by atoms with Crippen LogP contribution >= 0.6 is 23.2 Å². The Morgan fingerprint density at radius 3 is 2.39 bits per heavy atom. The monoisotopic (exact) mass is 555 g/mol. The molecule has 1 amide bonds. The van der Waals surface area contributed by atoms with Crippen molar-refractivity contribution in [2.75, 3.05) is 11.5 Å². The van der Waals surface area contributed by atoms with Crippen LogP contribution in [0.25, 0.3) is 0 Å². The van der Waals surface area contributed by atoms with Crippen LogP contribution in [-0.4, -0.2) is 47.8 Å². The molecule has 4 atom stereocenters. The van der Waals surface area contributed by atoms with Crippen LogP contribution in [0.3, 0.4) is 0 Å². The first-order valence-electron chi connectivity index (χ1n) is 12.1. The Morgan fingerprint density at radius 1 is 1.25 bits per heavy atom. The summed E-state index contributed by atoms with van der Waals surface area (Å²) < 4.78 is 25.4. The lowest BCUT2D eigenvalue weighted by Crippen LogP contribution is -2.58. The summed E-state index contributed by atoms with van der Waals surface area (Å²) in [5.74, 6) is -1.90. The molecule has 1 N–H and O–H groups in total. The van der Waals surface area contributed by atoms with Gasteiger partial charge in [-0.3, -0.25) is 9.59 Å². The van der Waals surface area contributed by atoms with Gasteiger partial charge in [-0.05, 0) is 43.0 Å². The van der Waals surface area contributed by atoms with E-state index in [0.29, 0.717) is 29.3 Å². The van der Waals surface area contributed by atoms with Crippen LogP contribution in [0.5, 0.6) is 0 Å². The zero-order valence-corrected chi connectivity index (χ0v) is 23.3. The van der Waals surface area contributed by atoms with Crippen molar-refractivity contribution in [3.63, 3.8) is 0 Å². The summed E-state index contributed by atoms with van der Waals surface area (Å²) in [6, 6.07) is 6.03. The Labute approximate surface area is 224 Å². The molecule has 2 rings (SSSR count). The van der Waals surface area contributed by atoms with E-state index in [1.807, 2.05) is 32.1 Å². The highest BCUT2D eigenvalue weighted by molar-refractivity contribution is 7.91. The van der Waals surface area contributed by atoms with Gasteiger partial charge >= 0.3 is 5.97 Å². The van der Waals surface area contributed by atoms with Gasteiger partial charge in [0.05, 0.1) is 23.6 Å². The molecule has 0 aliphatic carbocycles. The largest absolute Gasteiger partial charge is 0.481 e. The highest BCUT2D eigenvalue weighted by atomic mass is 35.5. The van der Waals surface area contributed by atoms with Crippen molar-refractivity contribution in [2.45, 2.75) is 58.5 Å². The van der Waals surface area contributed by atoms with Crippen molar-refractivity contribution in [3.05, 3.63) is 70.8 Å². The Kier molecular flexibility index (Phi) is 10.8. The third kappa shape index (κ3) is 7.46. The molecule has 4 unspecified atom stereocenters. The average molecular weight is 557 g/mol. The summed E-state index contributed by atoms with van der Waals surface area (Å²) in [4.78, 5) is 27.7. The number of likely N-dealkylation sites (tertiary alicyclic amines) is 1. The van der Waals surface area contributed by atoms with Crippen LogP contribution < -0.4 is 0 Å². The number of amides is 1. The summed E-state index contributed by atoms with van der Waals surface area (Å²) in [5, 5.41) is 10.6. The lowest BCUT2D eigenvalue weighted by atomic mass is 9.66. The van der Waals surface area contributed by atoms with Crippen LogP contribution in [-0.2, 0) is 19.4 Å². The van der Waals surface area contributed by atoms with E-state index in [9.17, 15) is 23.1 Å². The molecule has 1 aromatic rings. The Hall–Kier alpha value is -2.09. The predicted molar refractivity (Wildman–Crippen MR) is 146 cm³/mol. The fraction of sp³-hybridized carbons (Fsp3) is 0.481. The number of benzene rings is 1. The third-order valence-electron chi connectivity index (χ3n) is 6.90. The van der Waals surface area contributed by atoms with Gasteiger partial charge in [-0.2, -0.15) is 0 Å². The number of piperidine rings is 1. The molecule has 0 bridgehead atoms. The van der Waals surface area contributed by atoms with Crippen LogP contribution in [0, 0.1) is 11.3 Å². The van der Waals surface area contributed by atoms with Crippen LogP contribution in [0.1, 0.15) is 58.1 Å². The molecule has 36 heavy (non-hydrogen) atoms. The fourth-order valence-corrected chi connectivity index (χ4v) is 6.34. The van der Waals surface area contributed by atoms with E-state index in [1.54, 1.807) is 42.2 Å². The molecule has 1 heterocycles. The number of aliphatic carboxylic acids is 1. The van der Waals surface area contributed by atoms with Crippen LogP contribution in [0.2, 0.25) is 5.02 Å². The maximum Gasteiger partial charge on any atom is 0.304 e. The highest BCUT2D eigenvalue weighted by Gasteiger charge is 2.53. The first-order chi connectivity index (χ1) is 16.9. The summed E-state index contributed by atoms with van der Waals surface area (Å²) in [6.45, 7) is 8.88. The van der Waals surface area contributed by atoms with Gasteiger partial charge in [0.2, 0.25) is 5.91 Å². The number of halogens is 2. The van der Waals surface area contributed by atoms with Crippen molar-refractivity contribution in [2.24, 2.45) is 11.3 Å². The molecular weight excluding hydrogens is 521 g/mol. The van der Waals surface area contributed by atoms with Gasteiger partial charge in [-0.25, -0.2) is 8.42 Å². The van der Waals surface area contributed by atoms with E-state index in [2.05, 4.69) is 6.58 Å². The zero-order chi connectivity index (χ0) is 27.1. The number of carboxylic acid groups (broad SMARTS) is 1. The smallest absolute Gasteiger partial charge is 0.304 e. The van der Waals surface area contributed by atoms with E-state index in [-0.39, 0.29) is 29.8 Å². The Morgan fingerprint density at radius 2 is 1.89 bits per heavy atom. The average Bonchev–Trinajstić information content (AvgIpc) is 2.82. The minimum absolute atomic E-state index is 0.0401. The molecule has 1 fully saturated rings. The molecule has 0 spiro atoms. The number of hydrogen-bond donors (Lipinski definition) is 1. The molecule has 0 aromatic heterocycles. The molecule has 0 saturated carbocycles. The number of carboxylic acids is 1. The van der Waals surface area contributed by atoms with Crippen molar-refractivity contribution >= 4 is 44.9 Å². The summed E-state index contributed by atoms with van der Waals surface area (Å²) in [5.41, 5.74) is -0.354. The Balaban J connectivity index is 2.76. The van der Waals surface area contributed by atoms with E-state index >= 15 is 0 Å². The van der Waals surface area contributed by atoms with Gasteiger partial charge in [0, 0.05) is 27.8 Å². The molecule has 1 saturated heterocycles. The molecular formula is C27H35Cl2NO5S. The second-order valence-electron chi connectivity index (χ2n) is 9.23. The van der Waals surface area contributed by atoms with Crippen molar-refractivity contribution < 1.29 is 23.1 Å². The standard InChI is InChI=1S/C27H35Cl2NO5S/c1-5-23(18-36(34,35)7-3)30-25(20-12-14-22(29)15-13-20)21(11-9-8-10-19(4)28)16-27(6-2,26(30)33)17-24(31)32/h8-15,21,23,25H,4-7,16-18H2,1-3H3,(H,31,32). The SMILES string of the molecule is C=C(Cl)C=CC=CC1CC(CC)(CC(=O)O)C(=O)N(C(CC)CS(=O)(=O)CC)C1c1ccc(Cl)cc1. The van der Waals surface area contributed by atoms with Crippen molar-refractivity contribution in [3.8, 4) is 0 Å². The first kappa shape index (κ1) is 30.1. The van der Waals surface area contributed by atoms with Gasteiger partial charge in [0.15, 0.2) is 9.84 Å². The summed E-state index contributed by atoms with van der Waals surface area (Å²) in [6.07, 6.45) is 7.81. The maximum absolute atomic E-state index is 14.2. The zero-order valence-electron chi connectivity index (χ0n) is 21.0. The quantitative estimate of drug-likeness (QED) is 0.311. The van der Waals surface area contributed by atoms with Gasteiger partial charge in [-0.1, -0.05) is 80.9 Å². The molecule has 1 aliphatic heterocycles. The third-order valence-corrected chi connectivity index (χ3v) is 9.05. The number of nitrogens with zero attached hydrogens (tertiary/aromatic N) is 1. The fourth-order valence-electron chi connectivity index (χ4n) is 4.92. The molecule has 9 heteroatoms. The number of sulfone groups is 1. The van der Waals surface area contributed by atoms with Gasteiger partial charge in [0.1, 0.15) is 0 Å². The lowest BCUT2D eigenvalue weighted by Gasteiger charge is -2.52. The van der Waals surface area contributed by atoms with E-state index in [0.717, 1.165) is 5.56 Å². The van der Waals surface area contributed by atoms with Gasteiger partial charge in [0.25, 0.3) is 0 Å². The molecule has 6 nitrogen and oxygen atoms in total. The van der Waals surface area contributed by atoms with Crippen molar-refractivity contribution in [1.29, 1.82) is 0 Å². The first-order valence-corrected chi connectivity index (χ1v) is 14.7. The second-order valence-corrected chi connectivity index (χ2v) is 12.6. The Bertz CT molecular complexity index is 1110. The predicted octanol–water partition coefficient (Wildman–Crippen LogP) is 6.18. The van der Waals surface area contributed by atoms with Crippen LogP contribution in [0.4, 0.5) is 0 Å². The van der Waals surface area contributed by atoms with Crippen LogP contribution in [0.15, 0.2) is 60.2 Å². The molecule has 1 aliphatic rings. The minimum atomic E-state index is -3.42. The molecule has 0 radical (unpaired) electrons. The van der Waals surface area contributed by atoms with Crippen molar-refractivity contribution in [1.82, 2.24) is 4.90 Å². The molecule has 198 valence electrons. The van der Waals surface area contributed by atoms with Gasteiger partial charge < -0.3 is 10.0 Å². The number of allylic oxidation sites excluding steroid dienone is 4. The summed E-state index contributed by atoms with van der Waals surface area (Å²) in [7, 11) is -3.42. The highest BCUT2D eigenvalue weighted by Crippen LogP contribution is 2.50. The number of carbonyl (C=O) groups excluding carboxylic acids is 1.